The topological polar surface area (TPSA) is 63.7 Å². The van der Waals surface area contributed by atoms with Crippen LogP contribution in [0.1, 0.15) is 40.7 Å². The van der Waals surface area contributed by atoms with Gasteiger partial charge in [0.1, 0.15) is 0 Å². The van der Waals surface area contributed by atoms with Crippen LogP contribution < -0.4 is 4.90 Å². The van der Waals surface area contributed by atoms with Gasteiger partial charge in [0.15, 0.2) is 12.4 Å². The van der Waals surface area contributed by atoms with Gasteiger partial charge >= 0.3 is 5.97 Å². The van der Waals surface area contributed by atoms with Crippen LogP contribution in [0.25, 0.3) is 0 Å². The van der Waals surface area contributed by atoms with Gasteiger partial charge in [0.05, 0.1) is 5.92 Å². The van der Waals surface area contributed by atoms with Gasteiger partial charge in [-0.05, 0) is 55.0 Å². The average Bonchev–Trinajstić information content (AvgIpc) is 3.13. The second-order valence-electron chi connectivity index (χ2n) is 7.46. The lowest BCUT2D eigenvalue weighted by molar-refractivity contribution is -0.147. The van der Waals surface area contributed by atoms with Crippen molar-refractivity contribution in [2.45, 2.75) is 32.1 Å². The summed E-state index contributed by atoms with van der Waals surface area (Å²) in [6.07, 6.45) is 4.51. The zero-order valence-electron chi connectivity index (χ0n) is 15.7. The van der Waals surface area contributed by atoms with Gasteiger partial charge in [-0.15, -0.1) is 0 Å². The van der Waals surface area contributed by atoms with E-state index < -0.39 is 11.9 Å². The van der Waals surface area contributed by atoms with Crippen LogP contribution in [-0.2, 0) is 27.2 Å². The van der Waals surface area contributed by atoms with Gasteiger partial charge < -0.3 is 9.64 Å². The normalized spacial score (nSPS) is 18.6. The number of para-hydroxylation sites is 1. The molecule has 1 amide bonds. The van der Waals surface area contributed by atoms with Gasteiger partial charge in [-0.1, -0.05) is 30.3 Å². The number of anilines is 1. The Bertz CT molecular complexity index is 906. The molecule has 1 fully saturated rings. The maximum atomic E-state index is 12.4. The second kappa shape index (κ2) is 7.97. The van der Waals surface area contributed by atoms with E-state index in [1.54, 1.807) is 4.90 Å². The lowest BCUT2D eigenvalue weighted by Crippen LogP contribution is -2.27. The van der Waals surface area contributed by atoms with E-state index >= 15 is 0 Å². The molecule has 0 aromatic heterocycles. The average molecular weight is 377 g/mol. The summed E-state index contributed by atoms with van der Waals surface area (Å²) >= 11 is 0. The zero-order valence-corrected chi connectivity index (χ0v) is 15.7. The SMILES string of the molecule is O=C(COC(=O)C1CC(=O)N(c2ccccc2)C1)c1ccc2c(c1)CCCC2. The van der Waals surface area contributed by atoms with Crippen LogP contribution in [-0.4, -0.2) is 30.8 Å². The first kappa shape index (κ1) is 18.4. The van der Waals surface area contributed by atoms with E-state index in [0.29, 0.717) is 5.56 Å². The highest BCUT2D eigenvalue weighted by atomic mass is 16.5. The quantitative estimate of drug-likeness (QED) is 0.592. The van der Waals surface area contributed by atoms with Gasteiger partial charge in [-0.3, -0.25) is 14.4 Å². The van der Waals surface area contributed by atoms with Crippen LogP contribution in [0.2, 0.25) is 0 Å². The number of carbonyl (C=O) groups excluding carboxylic acids is 3. The number of hydrogen-bond donors (Lipinski definition) is 0. The van der Waals surface area contributed by atoms with Gasteiger partial charge in [0.2, 0.25) is 5.91 Å². The number of nitrogens with zero attached hydrogens (tertiary/aromatic N) is 1. The molecule has 0 N–H and O–H groups in total. The Hall–Kier alpha value is -2.95. The predicted molar refractivity (Wildman–Crippen MR) is 105 cm³/mol. The number of aryl methyl sites for hydroxylation is 2. The Balaban J connectivity index is 1.34. The van der Waals surface area contributed by atoms with E-state index in [4.69, 9.17) is 4.74 Å². The smallest absolute Gasteiger partial charge is 0.311 e. The second-order valence-corrected chi connectivity index (χ2v) is 7.46. The molecular weight excluding hydrogens is 354 g/mol. The van der Waals surface area contributed by atoms with Crippen molar-refractivity contribution in [3.05, 3.63) is 65.2 Å². The molecule has 2 aromatic rings. The molecule has 4 rings (SSSR count). The van der Waals surface area contributed by atoms with Crippen molar-refractivity contribution < 1.29 is 19.1 Å². The molecule has 1 atom stereocenters. The fraction of sp³-hybridized carbons (Fsp3) is 0.348. The largest absolute Gasteiger partial charge is 0.457 e. The molecule has 144 valence electrons. The summed E-state index contributed by atoms with van der Waals surface area (Å²) in [6, 6.07) is 15.0. The Morgan fingerprint density at radius 3 is 2.54 bits per heavy atom. The summed E-state index contributed by atoms with van der Waals surface area (Å²) in [6.45, 7) is 0.00234. The number of hydrogen-bond acceptors (Lipinski definition) is 4. The number of carbonyl (C=O) groups is 3. The van der Waals surface area contributed by atoms with E-state index in [9.17, 15) is 14.4 Å². The monoisotopic (exact) mass is 377 g/mol. The molecule has 28 heavy (non-hydrogen) atoms. The molecule has 1 unspecified atom stereocenters. The Labute approximate surface area is 164 Å². The highest BCUT2D eigenvalue weighted by molar-refractivity contribution is 6.01. The standard InChI is InChI=1S/C23H23NO4/c25-21(18-11-10-16-6-4-5-7-17(16)12-18)15-28-23(27)19-13-22(26)24(14-19)20-8-2-1-3-9-20/h1-3,8-12,19H,4-7,13-15H2. The summed E-state index contributed by atoms with van der Waals surface area (Å²) in [5.74, 6) is -1.33. The molecular formula is C23H23NO4. The maximum absolute atomic E-state index is 12.4. The van der Waals surface area contributed by atoms with Gasteiger partial charge in [-0.25, -0.2) is 0 Å². The van der Waals surface area contributed by atoms with Gasteiger partial charge in [0.25, 0.3) is 0 Å². The lowest BCUT2D eigenvalue weighted by Gasteiger charge is -2.17. The summed E-state index contributed by atoms with van der Waals surface area (Å²) in [5.41, 5.74) is 3.89. The molecule has 2 aliphatic rings. The first-order valence-electron chi connectivity index (χ1n) is 9.79. The number of ether oxygens (including phenoxy) is 1. The van der Waals surface area contributed by atoms with E-state index in [1.165, 1.54) is 17.5 Å². The molecule has 0 spiro atoms. The summed E-state index contributed by atoms with van der Waals surface area (Å²) < 4.78 is 5.25. The number of ketones is 1. The molecule has 2 aromatic carbocycles. The minimum absolute atomic E-state index is 0.103. The Kier molecular flexibility index (Phi) is 5.24. The first-order chi connectivity index (χ1) is 13.6. The van der Waals surface area contributed by atoms with Gasteiger partial charge in [0, 0.05) is 24.2 Å². The van der Waals surface area contributed by atoms with E-state index in [-0.39, 0.29) is 31.3 Å². The van der Waals surface area contributed by atoms with Crippen molar-refractivity contribution in [2.75, 3.05) is 18.1 Å². The number of Topliss-reactive ketones (excluding diaryl/α,β-unsaturated/α-hetero) is 1. The molecule has 1 aliphatic heterocycles. The summed E-state index contributed by atoms with van der Waals surface area (Å²) in [5, 5.41) is 0. The first-order valence-corrected chi connectivity index (χ1v) is 9.79. The van der Waals surface area contributed by atoms with Crippen LogP contribution in [0.3, 0.4) is 0 Å². The van der Waals surface area contributed by atoms with Crippen molar-refractivity contribution in [3.8, 4) is 0 Å². The van der Waals surface area contributed by atoms with Crippen molar-refractivity contribution in [1.82, 2.24) is 0 Å². The van der Waals surface area contributed by atoms with Crippen molar-refractivity contribution in [1.29, 1.82) is 0 Å². The number of amides is 1. The number of esters is 1. The molecule has 0 bridgehead atoms. The highest BCUT2D eigenvalue weighted by Gasteiger charge is 2.36. The van der Waals surface area contributed by atoms with Crippen molar-refractivity contribution in [3.63, 3.8) is 0 Å². The predicted octanol–water partition coefficient (Wildman–Crippen LogP) is 3.34. The lowest BCUT2D eigenvalue weighted by atomic mass is 9.90. The van der Waals surface area contributed by atoms with E-state index in [1.807, 2.05) is 48.5 Å². The Morgan fingerprint density at radius 1 is 1.00 bits per heavy atom. The van der Waals surface area contributed by atoms with Gasteiger partial charge in [-0.2, -0.15) is 0 Å². The van der Waals surface area contributed by atoms with Crippen molar-refractivity contribution in [2.24, 2.45) is 5.92 Å². The summed E-state index contributed by atoms with van der Waals surface area (Å²) in [4.78, 5) is 38.7. The maximum Gasteiger partial charge on any atom is 0.311 e. The molecule has 0 radical (unpaired) electrons. The number of benzene rings is 2. The van der Waals surface area contributed by atoms with Crippen molar-refractivity contribution >= 4 is 23.3 Å². The molecule has 0 saturated carbocycles. The van der Waals surface area contributed by atoms with Crippen LogP contribution >= 0.6 is 0 Å². The minimum Gasteiger partial charge on any atom is -0.457 e. The summed E-state index contributed by atoms with van der Waals surface area (Å²) in [7, 11) is 0. The third kappa shape index (κ3) is 3.84. The minimum atomic E-state index is -0.538. The highest BCUT2D eigenvalue weighted by Crippen LogP contribution is 2.26. The van der Waals surface area contributed by atoms with Crippen LogP contribution in [0.15, 0.2) is 48.5 Å². The number of rotatable bonds is 5. The third-order valence-corrected chi connectivity index (χ3v) is 5.54. The Morgan fingerprint density at radius 2 is 1.75 bits per heavy atom. The molecule has 1 heterocycles. The third-order valence-electron chi connectivity index (χ3n) is 5.54. The zero-order chi connectivity index (χ0) is 19.5. The number of fused-ring (bicyclic) bond motifs is 1. The molecule has 5 nitrogen and oxygen atoms in total. The van der Waals surface area contributed by atoms with E-state index in [0.717, 1.165) is 24.9 Å². The fourth-order valence-corrected chi connectivity index (χ4v) is 3.97. The molecule has 5 heteroatoms. The molecule has 1 saturated heterocycles. The van der Waals surface area contributed by atoms with Crippen LogP contribution in [0.5, 0.6) is 0 Å². The molecule has 1 aliphatic carbocycles. The van der Waals surface area contributed by atoms with E-state index in [2.05, 4.69) is 0 Å². The fourth-order valence-electron chi connectivity index (χ4n) is 3.97. The van der Waals surface area contributed by atoms with Crippen LogP contribution in [0, 0.1) is 5.92 Å². The van der Waals surface area contributed by atoms with Crippen LogP contribution in [0.4, 0.5) is 5.69 Å².